The van der Waals surface area contributed by atoms with Crippen molar-refractivity contribution in [3.63, 3.8) is 0 Å². The highest BCUT2D eigenvalue weighted by Gasteiger charge is 2.30. The first-order valence-corrected chi connectivity index (χ1v) is 13.1. The van der Waals surface area contributed by atoms with Crippen LogP contribution < -0.4 is 20.3 Å². The van der Waals surface area contributed by atoms with E-state index in [9.17, 15) is 9.59 Å². The predicted octanol–water partition coefficient (Wildman–Crippen LogP) is 1.61. The minimum Gasteiger partial charge on any atom is -0.491 e. The molecule has 2 aromatic heterocycles. The molecule has 0 bridgehead atoms. The minimum absolute atomic E-state index is 0.168. The first-order chi connectivity index (χ1) is 19.0. The number of rotatable bonds is 7. The van der Waals surface area contributed by atoms with Gasteiger partial charge in [0.1, 0.15) is 24.2 Å². The first kappa shape index (κ1) is 24.9. The van der Waals surface area contributed by atoms with Crippen molar-refractivity contribution in [3.05, 3.63) is 49.1 Å². The second-order valence-corrected chi connectivity index (χ2v) is 9.89. The molecule has 202 valence electrons. The van der Waals surface area contributed by atoms with Crippen molar-refractivity contribution in [1.29, 1.82) is 0 Å². The number of nitrogens with one attached hydrogen (secondary N) is 1. The number of amides is 1. The molecule has 2 aliphatic heterocycles. The number of carboxylic acids is 1. The van der Waals surface area contributed by atoms with Crippen LogP contribution in [0.2, 0.25) is 0 Å². The molecule has 12 nitrogen and oxygen atoms in total. The van der Waals surface area contributed by atoms with Gasteiger partial charge in [0.05, 0.1) is 12.4 Å². The first-order valence-electron chi connectivity index (χ1n) is 13.1. The van der Waals surface area contributed by atoms with Gasteiger partial charge in [0.2, 0.25) is 0 Å². The van der Waals surface area contributed by atoms with Gasteiger partial charge in [-0.15, -0.1) is 0 Å². The van der Waals surface area contributed by atoms with Crippen molar-refractivity contribution in [2.75, 3.05) is 49.1 Å². The number of aromatic nitrogens is 4. The van der Waals surface area contributed by atoms with Crippen LogP contribution in [0.1, 0.15) is 12.8 Å². The normalized spacial score (nSPS) is 18.6. The molecule has 4 aromatic rings. The summed E-state index contributed by atoms with van der Waals surface area (Å²) >= 11 is 0. The Balaban J connectivity index is 1.16. The third-order valence-electron chi connectivity index (χ3n) is 7.59. The second-order valence-electron chi connectivity index (χ2n) is 9.89. The van der Waals surface area contributed by atoms with Gasteiger partial charge < -0.3 is 35.3 Å². The second kappa shape index (κ2) is 10.4. The van der Waals surface area contributed by atoms with Gasteiger partial charge in [-0.05, 0) is 36.4 Å². The Morgan fingerprint density at radius 2 is 1.95 bits per heavy atom. The van der Waals surface area contributed by atoms with Gasteiger partial charge in [-0.2, -0.15) is 0 Å². The summed E-state index contributed by atoms with van der Waals surface area (Å²) in [6.45, 7) is 3.41. The fourth-order valence-corrected chi connectivity index (χ4v) is 5.48. The molecule has 4 heterocycles. The van der Waals surface area contributed by atoms with Gasteiger partial charge >= 0.3 is 5.97 Å². The number of H-pyrrole nitrogens is 1. The lowest BCUT2D eigenvalue weighted by atomic mass is 10.1. The highest BCUT2D eigenvalue weighted by molar-refractivity contribution is 6.01. The van der Waals surface area contributed by atoms with Crippen LogP contribution in [0.4, 0.5) is 11.5 Å². The number of fused-ring (bicyclic) bond motifs is 2. The van der Waals surface area contributed by atoms with Crippen LogP contribution >= 0.6 is 0 Å². The summed E-state index contributed by atoms with van der Waals surface area (Å²) in [5.74, 6) is -0.214. The quantitative estimate of drug-likeness (QED) is 0.300. The van der Waals surface area contributed by atoms with Gasteiger partial charge in [0.25, 0.3) is 5.91 Å². The van der Waals surface area contributed by atoms with Crippen molar-refractivity contribution in [2.24, 2.45) is 5.73 Å². The molecule has 0 aliphatic carbocycles. The summed E-state index contributed by atoms with van der Waals surface area (Å²) in [4.78, 5) is 45.6. The molecule has 0 radical (unpaired) electrons. The largest absolute Gasteiger partial charge is 0.491 e. The molecule has 2 fully saturated rings. The third-order valence-corrected chi connectivity index (χ3v) is 7.59. The van der Waals surface area contributed by atoms with Crippen molar-refractivity contribution in [1.82, 2.24) is 24.8 Å². The Morgan fingerprint density at radius 3 is 2.77 bits per heavy atom. The maximum absolute atomic E-state index is 12.3. The van der Waals surface area contributed by atoms with Crippen LogP contribution in [-0.4, -0.2) is 93.2 Å². The summed E-state index contributed by atoms with van der Waals surface area (Å²) in [6.07, 6.45) is 5.26. The smallest absolute Gasteiger partial charge is 0.330 e. The highest BCUT2D eigenvalue weighted by atomic mass is 16.5. The number of anilines is 2. The van der Waals surface area contributed by atoms with Crippen molar-refractivity contribution >= 4 is 45.3 Å². The van der Waals surface area contributed by atoms with Crippen LogP contribution in [0.5, 0.6) is 5.75 Å². The average Bonchev–Trinajstić information content (AvgIpc) is 3.65. The summed E-state index contributed by atoms with van der Waals surface area (Å²) in [5.41, 5.74) is 8.04. The van der Waals surface area contributed by atoms with E-state index in [2.05, 4.69) is 54.0 Å². The monoisotopic (exact) mass is 530 g/mol. The van der Waals surface area contributed by atoms with E-state index in [1.54, 1.807) is 12.7 Å². The number of aromatic amines is 1. The minimum atomic E-state index is -1.52. The molecule has 12 heteroatoms. The standard InChI is InChI=1S/C27H30N8O4/c28-22(27(37)38)26(36)34-11-9-33(10-12-34)18-7-6-17-3-1-5-21(20(17)13-18)39-14-19-4-2-8-35(19)25-23-24(30-15-29-23)31-16-32-25/h1,3,5-7,13,15-16,19,22H,2,4,8-12,14,28H2,(H,37,38)(H,29,30,31,32)/t19-,22?/m1/s1. The number of imidazole rings is 1. The molecule has 2 aliphatic rings. The predicted molar refractivity (Wildman–Crippen MR) is 146 cm³/mol. The maximum atomic E-state index is 12.3. The van der Waals surface area contributed by atoms with E-state index in [1.165, 1.54) is 4.90 Å². The molecule has 39 heavy (non-hydrogen) atoms. The van der Waals surface area contributed by atoms with E-state index in [-0.39, 0.29) is 6.04 Å². The number of carboxylic acid groups (broad SMARTS) is 1. The molecule has 2 atom stereocenters. The van der Waals surface area contributed by atoms with Crippen molar-refractivity contribution in [3.8, 4) is 5.75 Å². The number of carbonyl (C=O) groups excluding carboxylic acids is 1. The number of hydrogen-bond donors (Lipinski definition) is 3. The average molecular weight is 531 g/mol. The number of aliphatic carboxylic acids is 1. The zero-order valence-electron chi connectivity index (χ0n) is 21.4. The summed E-state index contributed by atoms with van der Waals surface area (Å²) in [7, 11) is 0. The Hall–Kier alpha value is -4.45. The summed E-state index contributed by atoms with van der Waals surface area (Å²) < 4.78 is 6.43. The van der Waals surface area contributed by atoms with Gasteiger partial charge in [-0.1, -0.05) is 18.2 Å². The molecule has 2 saturated heterocycles. The van der Waals surface area contributed by atoms with Crippen LogP contribution in [0.25, 0.3) is 21.9 Å². The van der Waals surface area contributed by atoms with E-state index in [1.807, 2.05) is 12.1 Å². The van der Waals surface area contributed by atoms with E-state index >= 15 is 0 Å². The van der Waals surface area contributed by atoms with E-state index in [0.29, 0.717) is 32.8 Å². The van der Waals surface area contributed by atoms with E-state index in [0.717, 1.165) is 58.6 Å². The number of piperazine rings is 1. The number of benzene rings is 2. The van der Waals surface area contributed by atoms with E-state index < -0.39 is 17.9 Å². The van der Waals surface area contributed by atoms with Gasteiger partial charge in [-0.25, -0.2) is 19.7 Å². The highest BCUT2D eigenvalue weighted by Crippen LogP contribution is 2.32. The maximum Gasteiger partial charge on any atom is 0.330 e. The van der Waals surface area contributed by atoms with Crippen molar-refractivity contribution < 1.29 is 19.4 Å². The number of nitrogens with two attached hydrogens (primary N) is 1. The third kappa shape index (κ3) is 4.78. The Bertz CT molecular complexity index is 1520. The Kier molecular flexibility index (Phi) is 6.61. The van der Waals surface area contributed by atoms with Crippen LogP contribution in [-0.2, 0) is 9.59 Å². The summed E-state index contributed by atoms with van der Waals surface area (Å²) in [6, 6.07) is 11.0. The molecule has 1 unspecified atom stereocenters. The lowest BCUT2D eigenvalue weighted by Gasteiger charge is -2.36. The zero-order chi connectivity index (χ0) is 26.9. The fraction of sp³-hybridized carbons (Fsp3) is 0.370. The van der Waals surface area contributed by atoms with Gasteiger partial charge in [0.15, 0.2) is 17.5 Å². The lowest BCUT2D eigenvalue weighted by molar-refractivity contribution is -0.146. The number of carbonyl (C=O) groups is 2. The molecular formula is C27H30N8O4. The topological polar surface area (TPSA) is 154 Å². The number of hydrogen-bond acceptors (Lipinski definition) is 9. The van der Waals surface area contributed by atoms with Gasteiger partial charge in [0, 0.05) is 43.8 Å². The fourth-order valence-electron chi connectivity index (χ4n) is 5.48. The van der Waals surface area contributed by atoms with Crippen molar-refractivity contribution in [2.45, 2.75) is 24.9 Å². The Morgan fingerprint density at radius 1 is 1.10 bits per heavy atom. The SMILES string of the molecule is NC(C(=O)O)C(=O)N1CCN(c2ccc3cccc(OC[C@H]4CCCN4c4ncnc5[nH]cnc45)c3c2)CC1. The molecule has 1 amide bonds. The molecule has 0 spiro atoms. The Labute approximate surface area is 224 Å². The summed E-state index contributed by atoms with van der Waals surface area (Å²) in [5, 5.41) is 11.1. The molecule has 2 aromatic carbocycles. The molecular weight excluding hydrogens is 500 g/mol. The van der Waals surface area contributed by atoms with Crippen LogP contribution in [0, 0.1) is 0 Å². The molecule has 4 N–H and O–H groups in total. The zero-order valence-corrected chi connectivity index (χ0v) is 21.4. The van der Waals surface area contributed by atoms with E-state index in [4.69, 9.17) is 15.6 Å². The molecule has 6 rings (SSSR count). The van der Waals surface area contributed by atoms with Crippen LogP contribution in [0.15, 0.2) is 49.1 Å². The van der Waals surface area contributed by atoms with Gasteiger partial charge in [-0.3, -0.25) is 4.79 Å². The number of ether oxygens (including phenoxy) is 1. The van der Waals surface area contributed by atoms with Crippen LogP contribution in [0.3, 0.4) is 0 Å². The molecule has 0 saturated carbocycles. The number of nitrogens with zero attached hydrogens (tertiary/aromatic N) is 6. The lowest BCUT2D eigenvalue weighted by Crippen LogP contribution is -2.55.